The van der Waals surface area contributed by atoms with Gasteiger partial charge in [-0.1, -0.05) is 0 Å². The molecule has 0 N–H and O–H groups in total. The Morgan fingerprint density at radius 3 is 2.89 bits per heavy atom. The highest BCUT2D eigenvalue weighted by atomic mass is 79.9. The van der Waals surface area contributed by atoms with E-state index < -0.39 is 0 Å². The predicted octanol–water partition coefficient (Wildman–Crippen LogP) is 2.47. The number of ether oxygens (including phenoxy) is 1. The number of fused-ring (bicyclic) bond motifs is 1. The summed E-state index contributed by atoms with van der Waals surface area (Å²) in [4.78, 5) is 12.5. The molecule has 0 amide bonds. The minimum Gasteiger partial charge on any atom is -0.487 e. The third-order valence-corrected chi connectivity index (χ3v) is 2.77. The summed E-state index contributed by atoms with van der Waals surface area (Å²) < 4.78 is 8.36. The van der Waals surface area contributed by atoms with Crippen LogP contribution >= 0.6 is 15.9 Å². The maximum Gasteiger partial charge on any atom is 0.234 e. The van der Waals surface area contributed by atoms with E-state index in [1.54, 1.807) is 18.6 Å². The molecule has 0 aliphatic rings. The van der Waals surface area contributed by atoms with E-state index in [1.165, 1.54) is 0 Å². The Kier molecular flexibility index (Phi) is 2.93. The number of imidazole rings is 1. The SMILES string of the molecule is Brc1cnc2nc(COc3ccncc3)cn2c1. The van der Waals surface area contributed by atoms with E-state index in [0.29, 0.717) is 12.4 Å². The lowest BCUT2D eigenvalue weighted by atomic mass is 10.4. The Morgan fingerprint density at radius 1 is 1.22 bits per heavy atom. The van der Waals surface area contributed by atoms with Crippen LogP contribution in [0.2, 0.25) is 0 Å². The number of halogens is 1. The molecular weight excluding hydrogens is 296 g/mol. The Hall–Kier alpha value is -1.95. The molecule has 0 aliphatic heterocycles. The van der Waals surface area contributed by atoms with Crippen LogP contribution in [-0.2, 0) is 6.61 Å². The van der Waals surface area contributed by atoms with E-state index in [9.17, 15) is 0 Å². The number of rotatable bonds is 3. The van der Waals surface area contributed by atoms with Crippen molar-refractivity contribution in [3.8, 4) is 5.75 Å². The van der Waals surface area contributed by atoms with Gasteiger partial charge in [-0.25, -0.2) is 9.97 Å². The molecule has 0 aromatic carbocycles. The molecule has 0 saturated carbocycles. The zero-order chi connectivity index (χ0) is 12.4. The topological polar surface area (TPSA) is 52.3 Å². The molecule has 6 heteroatoms. The molecule has 90 valence electrons. The molecule has 3 rings (SSSR count). The van der Waals surface area contributed by atoms with Crippen LogP contribution < -0.4 is 4.74 Å². The van der Waals surface area contributed by atoms with Crippen molar-refractivity contribution >= 4 is 21.7 Å². The van der Waals surface area contributed by atoms with Gasteiger partial charge in [0.05, 0.1) is 10.2 Å². The average Bonchev–Trinajstić information content (AvgIpc) is 2.79. The molecule has 5 nitrogen and oxygen atoms in total. The van der Waals surface area contributed by atoms with E-state index in [0.717, 1.165) is 15.9 Å². The van der Waals surface area contributed by atoms with Crippen LogP contribution in [0.4, 0.5) is 0 Å². The molecule has 0 atom stereocenters. The van der Waals surface area contributed by atoms with Gasteiger partial charge in [-0.15, -0.1) is 0 Å². The number of hydrogen-bond acceptors (Lipinski definition) is 4. The average molecular weight is 305 g/mol. The molecule has 18 heavy (non-hydrogen) atoms. The zero-order valence-electron chi connectivity index (χ0n) is 9.32. The van der Waals surface area contributed by atoms with Gasteiger partial charge in [0, 0.05) is 31.0 Å². The highest BCUT2D eigenvalue weighted by Gasteiger charge is 2.03. The maximum atomic E-state index is 5.60. The molecule has 0 unspecified atom stereocenters. The first kappa shape index (κ1) is 11.2. The second-order valence-electron chi connectivity index (χ2n) is 3.68. The molecular formula is C12H9BrN4O. The van der Waals surface area contributed by atoms with Gasteiger partial charge in [-0.2, -0.15) is 0 Å². The summed E-state index contributed by atoms with van der Waals surface area (Å²) in [6.07, 6.45) is 8.91. The summed E-state index contributed by atoms with van der Waals surface area (Å²) in [6.45, 7) is 0.408. The zero-order valence-corrected chi connectivity index (χ0v) is 10.9. The van der Waals surface area contributed by atoms with Gasteiger partial charge in [0.1, 0.15) is 12.4 Å². The fraction of sp³-hybridized carbons (Fsp3) is 0.0833. The summed E-state index contributed by atoms with van der Waals surface area (Å²) in [5.41, 5.74) is 0.831. The van der Waals surface area contributed by atoms with E-state index in [-0.39, 0.29) is 0 Å². The number of hydrogen-bond donors (Lipinski definition) is 0. The van der Waals surface area contributed by atoms with E-state index in [1.807, 2.05) is 28.9 Å². The van der Waals surface area contributed by atoms with Crippen molar-refractivity contribution in [3.05, 3.63) is 53.3 Å². The Morgan fingerprint density at radius 2 is 2.06 bits per heavy atom. The molecule has 0 saturated heterocycles. The van der Waals surface area contributed by atoms with Gasteiger partial charge in [0.2, 0.25) is 5.78 Å². The lowest BCUT2D eigenvalue weighted by molar-refractivity contribution is 0.301. The van der Waals surface area contributed by atoms with Crippen LogP contribution in [-0.4, -0.2) is 19.4 Å². The number of aromatic nitrogens is 4. The van der Waals surface area contributed by atoms with Crippen molar-refractivity contribution in [2.45, 2.75) is 6.61 Å². The van der Waals surface area contributed by atoms with Gasteiger partial charge in [-0.3, -0.25) is 9.38 Å². The first-order valence-corrected chi connectivity index (χ1v) is 6.12. The van der Waals surface area contributed by atoms with Crippen LogP contribution in [0.25, 0.3) is 5.78 Å². The predicted molar refractivity (Wildman–Crippen MR) is 69.3 cm³/mol. The Bertz CT molecular complexity index is 668. The monoisotopic (exact) mass is 304 g/mol. The third kappa shape index (κ3) is 2.33. The number of pyridine rings is 1. The lowest BCUT2D eigenvalue weighted by Crippen LogP contribution is -1.95. The van der Waals surface area contributed by atoms with Crippen molar-refractivity contribution in [3.63, 3.8) is 0 Å². The van der Waals surface area contributed by atoms with Crippen LogP contribution in [0.15, 0.2) is 47.6 Å². The van der Waals surface area contributed by atoms with E-state index in [2.05, 4.69) is 30.9 Å². The van der Waals surface area contributed by atoms with Crippen LogP contribution in [0.5, 0.6) is 5.75 Å². The standard InChI is InChI=1S/C12H9BrN4O/c13-9-5-15-12-16-10(7-17(12)6-9)8-18-11-1-3-14-4-2-11/h1-7H,8H2. The normalized spacial score (nSPS) is 10.7. The Balaban J connectivity index is 1.79. The van der Waals surface area contributed by atoms with Crippen molar-refractivity contribution in [2.75, 3.05) is 0 Å². The first-order chi connectivity index (χ1) is 8.81. The summed E-state index contributed by atoms with van der Waals surface area (Å²) in [5.74, 6) is 1.43. The molecule has 0 bridgehead atoms. The van der Waals surface area contributed by atoms with Crippen LogP contribution in [0, 0.1) is 0 Å². The molecule has 0 radical (unpaired) electrons. The van der Waals surface area contributed by atoms with Gasteiger partial charge >= 0.3 is 0 Å². The molecule has 3 heterocycles. The van der Waals surface area contributed by atoms with Crippen LogP contribution in [0.1, 0.15) is 5.69 Å². The Labute approximate surface area is 112 Å². The third-order valence-electron chi connectivity index (χ3n) is 2.36. The molecule has 0 fully saturated rings. The van der Waals surface area contributed by atoms with E-state index >= 15 is 0 Å². The number of nitrogens with zero attached hydrogens (tertiary/aromatic N) is 4. The fourth-order valence-corrected chi connectivity index (χ4v) is 1.89. The minimum atomic E-state index is 0.408. The molecule has 3 aromatic heterocycles. The van der Waals surface area contributed by atoms with Crippen molar-refractivity contribution in [2.24, 2.45) is 0 Å². The van der Waals surface area contributed by atoms with Gasteiger partial charge < -0.3 is 4.74 Å². The largest absolute Gasteiger partial charge is 0.487 e. The lowest BCUT2D eigenvalue weighted by Gasteiger charge is -2.01. The van der Waals surface area contributed by atoms with E-state index in [4.69, 9.17) is 4.74 Å². The molecule has 0 aliphatic carbocycles. The van der Waals surface area contributed by atoms with Gasteiger partial charge in [0.15, 0.2) is 0 Å². The summed E-state index contributed by atoms with van der Waals surface area (Å²) >= 11 is 3.37. The first-order valence-electron chi connectivity index (χ1n) is 5.33. The minimum absolute atomic E-state index is 0.408. The molecule has 0 spiro atoms. The van der Waals surface area contributed by atoms with Crippen molar-refractivity contribution < 1.29 is 4.74 Å². The maximum absolute atomic E-state index is 5.60. The second kappa shape index (κ2) is 4.73. The van der Waals surface area contributed by atoms with Crippen LogP contribution in [0.3, 0.4) is 0 Å². The highest BCUT2D eigenvalue weighted by Crippen LogP contribution is 2.12. The quantitative estimate of drug-likeness (QED) is 0.746. The van der Waals surface area contributed by atoms with Gasteiger partial charge in [0.25, 0.3) is 0 Å². The smallest absolute Gasteiger partial charge is 0.234 e. The molecule has 3 aromatic rings. The van der Waals surface area contributed by atoms with Crippen molar-refractivity contribution in [1.29, 1.82) is 0 Å². The summed E-state index contributed by atoms with van der Waals surface area (Å²) in [6, 6.07) is 3.62. The van der Waals surface area contributed by atoms with Crippen molar-refractivity contribution in [1.82, 2.24) is 19.4 Å². The second-order valence-corrected chi connectivity index (χ2v) is 4.60. The highest BCUT2D eigenvalue weighted by molar-refractivity contribution is 9.10. The summed E-state index contributed by atoms with van der Waals surface area (Å²) in [5, 5.41) is 0. The fourth-order valence-electron chi connectivity index (χ4n) is 1.57. The van der Waals surface area contributed by atoms with Gasteiger partial charge in [-0.05, 0) is 28.1 Å². The summed E-state index contributed by atoms with van der Waals surface area (Å²) in [7, 11) is 0.